The topological polar surface area (TPSA) is 199 Å². The maximum absolute atomic E-state index is 13.3. The lowest BCUT2D eigenvalue weighted by atomic mass is 9.98. The van der Waals surface area contributed by atoms with E-state index in [0.29, 0.717) is 83.6 Å². The van der Waals surface area contributed by atoms with Gasteiger partial charge in [0.25, 0.3) is 5.91 Å². The zero-order valence-electron chi connectivity index (χ0n) is 41.6. The summed E-state index contributed by atoms with van der Waals surface area (Å²) in [6, 6.07) is 43.4. The second kappa shape index (κ2) is 27.7. The number of fused-ring (bicyclic) bond motifs is 5. The molecule has 1 aliphatic heterocycles. The number of anilines is 1. The van der Waals surface area contributed by atoms with Crippen molar-refractivity contribution in [1.82, 2.24) is 16.0 Å². The smallest absolute Gasteiger partial charge is 0.407 e. The van der Waals surface area contributed by atoms with Crippen LogP contribution in [0.1, 0.15) is 62.5 Å². The number of hydrogen-bond donors (Lipinski definition) is 4. The lowest BCUT2D eigenvalue weighted by Crippen LogP contribution is -2.35. The van der Waals surface area contributed by atoms with Crippen molar-refractivity contribution in [3.63, 3.8) is 0 Å². The quantitative estimate of drug-likeness (QED) is 0.0232. The first-order chi connectivity index (χ1) is 36.8. The van der Waals surface area contributed by atoms with Crippen LogP contribution in [0.25, 0.3) is 11.1 Å². The van der Waals surface area contributed by atoms with E-state index in [9.17, 15) is 24.3 Å². The standard InChI is InChI=1S/C59H60N6O10/c66-55-39-42(25-28-62-59(70)75-41-52-50-14-6-4-12-48(50)49-13-5-7-15-51(49)52)17-24-53(55)64-63-47-22-20-45(21-23-47)58(69)61-30-32-72-34-36-74-38-37-73-35-33-71-31-27-56(67)60-29-26-57(68)65-40-46-11-2-1-9-43(46)18-19-44-10-3-8-16-54(44)65/h1-17,20-24,39,52,66H,25-38,40-41H2,(H,60,67)(H,61,69)(H,62,70)/b64-63+. The van der Waals surface area contributed by atoms with Crippen LogP contribution in [0.4, 0.5) is 21.9 Å². The van der Waals surface area contributed by atoms with Gasteiger partial charge in [-0.25, -0.2) is 4.79 Å². The summed E-state index contributed by atoms with van der Waals surface area (Å²) in [6.07, 6.45) is 0.292. The molecular formula is C59H60N6O10. The molecule has 6 aromatic rings. The number of ether oxygens (including phenoxy) is 5. The molecule has 0 bridgehead atoms. The van der Waals surface area contributed by atoms with Gasteiger partial charge in [-0.1, -0.05) is 96.8 Å². The van der Waals surface area contributed by atoms with Gasteiger partial charge in [0.15, 0.2) is 0 Å². The van der Waals surface area contributed by atoms with Gasteiger partial charge in [-0.15, -0.1) is 5.11 Å². The monoisotopic (exact) mass is 1010 g/mol. The largest absolute Gasteiger partial charge is 0.506 e. The number of carbonyl (C=O) groups excluding carboxylic acids is 4. The maximum atomic E-state index is 13.3. The van der Waals surface area contributed by atoms with Crippen molar-refractivity contribution >= 4 is 40.9 Å². The minimum atomic E-state index is -0.500. The molecule has 0 saturated carbocycles. The van der Waals surface area contributed by atoms with Gasteiger partial charge in [0.2, 0.25) is 11.8 Å². The molecule has 4 amide bonds. The Morgan fingerprint density at radius 3 is 1.95 bits per heavy atom. The normalized spacial score (nSPS) is 12.3. The van der Waals surface area contributed by atoms with Crippen LogP contribution >= 0.6 is 0 Å². The van der Waals surface area contributed by atoms with E-state index in [1.54, 1.807) is 41.3 Å². The van der Waals surface area contributed by atoms with E-state index in [2.05, 4.69) is 62.3 Å². The van der Waals surface area contributed by atoms with Gasteiger partial charge in [-0.2, -0.15) is 5.11 Å². The first-order valence-electron chi connectivity index (χ1n) is 25.1. The number of aromatic hydroxyl groups is 1. The van der Waals surface area contributed by atoms with Crippen molar-refractivity contribution in [3.05, 3.63) is 178 Å². The van der Waals surface area contributed by atoms with Gasteiger partial charge in [0, 0.05) is 55.1 Å². The molecule has 0 fully saturated rings. The van der Waals surface area contributed by atoms with Crippen molar-refractivity contribution in [2.45, 2.75) is 31.7 Å². The fourth-order valence-corrected chi connectivity index (χ4v) is 8.56. The SMILES string of the molecule is O=C(CCOCCOCCOCCOCCNC(=O)c1ccc(/N=N/c2ccc(CCNC(=O)OCC3c4ccccc4-c4ccccc43)cc2O)cc1)NCCC(=O)N1Cc2ccccc2C#Cc2ccccc21. The highest BCUT2D eigenvalue weighted by Crippen LogP contribution is 2.44. The molecule has 6 aromatic carbocycles. The van der Waals surface area contributed by atoms with E-state index in [0.717, 1.165) is 39.1 Å². The number of para-hydroxylation sites is 1. The molecule has 0 aromatic heterocycles. The van der Waals surface area contributed by atoms with Gasteiger partial charge >= 0.3 is 6.09 Å². The highest BCUT2D eigenvalue weighted by atomic mass is 16.6. The molecule has 4 N–H and O–H groups in total. The molecule has 0 unspecified atom stereocenters. The van der Waals surface area contributed by atoms with Crippen molar-refractivity contribution in [3.8, 4) is 28.7 Å². The number of benzene rings is 6. The van der Waals surface area contributed by atoms with Crippen LogP contribution in [-0.4, -0.2) is 108 Å². The number of hydrogen-bond acceptors (Lipinski definition) is 12. The van der Waals surface area contributed by atoms with Crippen LogP contribution in [0.15, 0.2) is 150 Å². The fourth-order valence-electron chi connectivity index (χ4n) is 8.56. The van der Waals surface area contributed by atoms with Gasteiger partial charge in [0.05, 0.1) is 70.8 Å². The summed E-state index contributed by atoms with van der Waals surface area (Å²) in [6.45, 7) is 4.16. The Labute approximate surface area is 436 Å². The van der Waals surface area contributed by atoms with Crippen LogP contribution in [0.2, 0.25) is 0 Å². The van der Waals surface area contributed by atoms with Gasteiger partial charge in [-0.05, 0) is 94.4 Å². The van der Waals surface area contributed by atoms with Crippen LogP contribution in [-0.2, 0) is 46.2 Å². The Kier molecular flexibility index (Phi) is 19.6. The lowest BCUT2D eigenvalue weighted by molar-refractivity contribution is -0.122. The fraction of sp³-hybridized carbons (Fsp3) is 0.288. The predicted molar refractivity (Wildman–Crippen MR) is 283 cm³/mol. The molecule has 16 nitrogen and oxygen atoms in total. The summed E-state index contributed by atoms with van der Waals surface area (Å²) in [5, 5.41) is 27.4. The molecule has 0 spiro atoms. The Morgan fingerprint density at radius 1 is 0.600 bits per heavy atom. The molecule has 0 radical (unpaired) electrons. The van der Waals surface area contributed by atoms with E-state index in [1.165, 1.54) is 11.1 Å². The number of nitrogens with zero attached hydrogens (tertiary/aromatic N) is 3. The number of nitrogens with one attached hydrogen (secondary N) is 3. The molecule has 386 valence electrons. The minimum absolute atomic E-state index is 0.0197. The summed E-state index contributed by atoms with van der Waals surface area (Å²) >= 11 is 0. The van der Waals surface area contributed by atoms with Crippen LogP contribution in [0.5, 0.6) is 5.75 Å². The second-order valence-electron chi connectivity index (χ2n) is 17.5. The van der Waals surface area contributed by atoms with Crippen LogP contribution in [0, 0.1) is 11.8 Å². The molecule has 16 heteroatoms. The second-order valence-corrected chi connectivity index (χ2v) is 17.5. The first kappa shape index (κ1) is 53.1. The van der Waals surface area contributed by atoms with Gasteiger partial charge in [-0.3, -0.25) is 14.4 Å². The average molecular weight is 1010 g/mol. The molecule has 1 aliphatic carbocycles. The van der Waals surface area contributed by atoms with E-state index in [4.69, 9.17) is 23.7 Å². The summed E-state index contributed by atoms with van der Waals surface area (Å²) in [4.78, 5) is 52.7. The summed E-state index contributed by atoms with van der Waals surface area (Å²) in [5.41, 5.74) is 10.1. The minimum Gasteiger partial charge on any atom is -0.506 e. The first-order valence-corrected chi connectivity index (χ1v) is 25.1. The maximum Gasteiger partial charge on any atom is 0.407 e. The highest BCUT2D eigenvalue weighted by Gasteiger charge is 2.29. The lowest BCUT2D eigenvalue weighted by Gasteiger charge is -2.26. The van der Waals surface area contributed by atoms with Crippen molar-refractivity contribution < 1.29 is 48.0 Å². The molecule has 75 heavy (non-hydrogen) atoms. The third-order valence-corrected chi connectivity index (χ3v) is 12.4. The molecular weight excluding hydrogens is 953 g/mol. The van der Waals surface area contributed by atoms with Crippen molar-refractivity contribution in [1.29, 1.82) is 0 Å². The van der Waals surface area contributed by atoms with Crippen LogP contribution in [0.3, 0.4) is 0 Å². The Morgan fingerprint density at radius 2 is 1.23 bits per heavy atom. The Bertz CT molecular complexity index is 2960. The van der Waals surface area contributed by atoms with E-state index in [-0.39, 0.29) is 67.7 Å². The summed E-state index contributed by atoms with van der Waals surface area (Å²) in [5.74, 6) is 5.78. The number of rotatable bonds is 26. The number of carbonyl (C=O) groups is 4. The number of alkyl carbamates (subject to hydrolysis) is 1. The van der Waals surface area contributed by atoms with Gasteiger partial charge in [0.1, 0.15) is 18.0 Å². The van der Waals surface area contributed by atoms with E-state index in [1.807, 2.05) is 78.9 Å². The van der Waals surface area contributed by atoms with E-state index >= 15 is 0 Å². The predicted octanol–water partition coefficient (Wildman–Crippen LogP) is 8.53. The third-order valence-electron chi connectivity index (χ3n) is 12.4. The molecule has 0 saturated heterocycles. The van der Waals surface area contributed by atoms with Crippen LogP contribution < -0.4 is 20.9 Å². The Hall–Kier alpha value is -8.20. The number of phenols is 1. The highest BCUT2D eigenvalue weighted by molar-refractivity contribution is 5.96. The zero-order valence-corrected chi connectivity index (χ0v) is 41.6. The summed E-state index contributed by atoms with van der Waals surface area (Å²) < 4.78 is 27.8. The van der Waals surface area contributed by atoms with Crippen molar-refractivity contribution in [2.75, 3.05) is 84.0 Å². The molecule has 8 rings (SSSR count). The van der Waals surface area contributed by atoms with Gasteiger partial charge < -0.3 is 49.6 Å². The summed E-state index contributed by atoms with van der Waals surface area (Å²) in [7, 11) is 0. The number of phenolic OH excluding ortho intramolecular Hbond substituents is 1. The van der Waals surface area contributed by atoms with Crippen molar-refractivity contribution in [2.24, 2.45) is 10.2 Å². The molecule has 1 heterocycles. The zero-order chi connectivity index (χ0) is 52.0. The molecule has 0 atom stereocenters. The van der Waals surface area contributed by atoms with E-state index < -0.39 is 6.09 Å². The average Bonchev–Trinajstić information content (AvgIpc) is 3.75. The Balaban J connectivity index is 0.605. The third kappa shape index (κ3) is 15.4. The number of azo groups is 1. The molecule has 2 aliphatic rings. The number of amides is 4.